The topological polar surface area (TPSA) is 158 Å². The zero-order valence-electron chi connectivity index (χ0n) is 20.6. The lowest BCUT2D eigenvalue weighted by Crippen LogP contribution is -2.43. The minimum atomic E-state index is -1.89. The molecule has 0 aromatic rings. The molecule has 0 fully saturated rings. The Kier molecular flexibility index (Phi) is 15.1. The van der Waals surface area contributed by atoms with Crippen LogP contribution in [0.5, 0.6) is 0 Å². The fourth-order valence-corrected chi connectivity index (χ4v) is 2.46. The van der Waals surface area contributed by atoms with Crippen LogP contribution < -0.4 is 0 Å². The molecule has 0 radical (unpaired) electrons. The molecule has 0 saturated carbocycles. The van der Waals surface area contributed by atoms with Crippen LogP contribution in [0, 0.1) is 5.41 Å². The molecule has 38 heavy (non-hydrogen) atoms. The Bertz CT molecular complexity index is 971. The number of carbonyl (C=O) groups is 6. The van der Waals surface area contributed by atoms with Crippen molar-refractivity contribution in [3.8, 4) is 0 Å². The van der Waals surface area contributed by atoms with Crippen LogP contribution in [0.2, 0.25) is 0 Å². The summed E-state index contributed by atoms with van der Waals surface area (Å²) < 4.78 is 30.8. The predicted molar refractivity (Wildman–Crippen MR) is 132 cm³/mol. The molecule has 0 aliphatic rings. The van der Waals surface area contributed by atoms with Crippen molar-refractivity contribution in [3.05, 3.63) is 87.3 Å². The van der Waals surface area contributed by atoms with Crippen LogP contribution in [0.3, 0.4) is 0 Å². The molecular formula is C26H28O12. The standard InChI is InChI=1S/C26H28O12/c1-7-20(27)33-13-18(19(38-25(32)12-6)14-34-21(28)8-2)26(15-35-22(29)9-3,16-36-23(30)10-4)17-37-24(31)11-5/h7-12H,1-6,13-17H2/b19-18+. The van der Waals surface area contributed by atoms with Gasteiger partial charge in [0.1, 0.15) is 44.2 Å². The van der Waals surface area contributed by atoms with E-state index in [2.05, 4.69) is 39.5 Å². The van der Waals surface area contributed by atoms with Gasteiger partial charge in [0.2, 0.25) is 0 Å². The van der Waals surface area contributed by atoms with E-state index in [0.29, 0.717) is 0 Å². The van der Waals surface area contributed by atoms with E-state index >= 15 is 0 Å². The third-order valence-corrected chi connectivity index (χ3v) is 4.38. The Morgan fingerprint density at radius 2 is 0.789 bits per heavy atom. The molecule has 0 bridgehead atoms. The van der Waals surface area contributed by atoms with E-state index in [0.717, 1.165) is 36.5 Å². The minimum absolute atomic E-state index is 0.245. The van der Waals surface area contributed by atoms with Crippen molar-refractivity contribution in [2.24, 2.45) is 5.41 Å². The first kappa shape index (κ1) is 33.0. The smallest absolute Gasteiger partial charge is 0.335 e. The predicted octanol–water partition coefficient (Wildman–Crippen LogP) is 1.60. The number of hydrogen-bond acceptors (Lipinski definition) is 12. The second kappa shape index (κ2) is 17.4. The van der Waals surface area contributed by atoms with Gasteiger partial charge in [-0.05, 0) is 0 Å². The molecule has 204 valence electrons. The van der Waals surface area contributed by atoms with Crippen LogP contribution >= 0.6 is 0 Å². The highest BCUT2D eigenvalue weighted by molar-refractivity contribution is 5.84. The quantitative estimate of drug-likeness (QED) is 0.109. The normalized spacial score (nSPS) is 10.7. The van der Waals surface area contributed by atoms with Crippen LogP contribution in [-0.2, 0) is 57.2 Å². The largest absolute Gasteiger partial charge is 0.461 e. The van der Waals surface area contributed by atoms with Crippen molar-refractivity contribution in [1.82, 2.24) is 0 Å². The van der Waals surface area contributed by atoms with E-state index in [1.807, 2.05) is 0 Å². The van der Waals surface area contributed by atoms with E-state index in [1.54, 1.807) is 0 Å². The molecular weight excluding hydrogens is 504 g/mol. The van der Waals surface area contributed by atoms with Gasteiger partial charge in [-0.15, -0.1) is 0 Å². The average molecular weight is 532 g/mol. The summed E-state index contributed by atoms with van der Waals surface area (Å²) in [6, 6.07) is 0. The zero-order chi connectivity index (χ0) is 29.1. The second-order valence-corrected chi connectivity index (χ2v) is 6.87. The average Bonchev–Trinajstić information content (AvgIpc) is 2.94. The van der Waals surface area contributed by atoms with Crippen LogP contribution in [0.15, 0.2) is 87.3 Å². The van der Waals surface area contributed by atoms with Gasteiger partial charge in [-0.3, -0.25) is 0 Å². The molecule has 0 unspecified atom stereocenters. The summed E-state index contributed by atoms with van der Waals surface area (Å²) in [5.74, 6) is -6.19. The fraction of sp³-hybridized carbons (Fsp3) is 0.231. The van der Waals surface area contributed by atoms with Crippen LogP contribution in [0.1, 0.15) is 0 Å². The maximum absolute atomic E-state index is 12.1. The van der Waals surface area contributed by atoms with Gasteiger partial charge in [0.15, 0.2) is 0 Å². The number of esters is 6. The molecule has 0 aromatic heterocycles. The summed E-state index contributed by atoms with van der Waals surface area (Å²) in [7, 11) is 0. The maximum Gasteiger partial charge on any atom is 0.335 e. The van der Waals surface area contributed by atoms with Crippen molar-refractivity contribution in [3.63, 3.8) is 0 Å². The highest BCUT2D eigenvalue weighted by atomic mass is 16.6. The summed E-state index contributed by atoms with van der Waals surface area (Å²) in [5.41, 5.74) is -2.14. The lowest BCUT2D eigenvalue weighted by molar-refractivity contribution is -0.155. The fourth-order valence-electron chi connectivity index (χ4n) is 2.46. The van der Waals surface area contributed by atoms with E-state index in [-0.39, 0.29) is 5.57 Å². The Hall–Kier alpha value is -5.00. The van der Waals surface area contributed by atoms with Crippen LogP contribution in [-0.4, -0.2) is 68.9 Å². The van der Waals surface area contributed by atoms with Crippen LogP contribution in [0.4, 0.5) is 0 Å². The summed E-state index contributed by atoms with van der Waals surface area (Å²) in [5, 5.41) is 0. The lowest BCUT2D eigenvalue weighted by Gasteiger charge is -2.35. The highest BCUT2D eigenvalue weighted by Gasteiger charge is 2.43. The summed E-state index contributed by atoms with van der Waals surface area (Å²) >= 11 is 0. The third kappa shape index (κ3) is 11.6. The second-order valence-electron chi connectivity index (χ2n) is 6.87. The minimum Gasteiger partial charge on any atom is -0.461 e. The van der Waals surface area contributed by atoms with Gasteiger partial charge in [-0.1, -0.05) is 39.5 Å². The van der Waals surface area contributed by atoms with Crippen molar-refractivity contribution in [2.75, 3.05) is 33.0 Å². The molecule has 0 heterocycles. The van der Waals surface area contributed by atoms with Crippen molar-refractivity contribution >= 4 is 35.8 Å². The molecule has 0 amide bonds. The van der Waals surface area contributed by atoms with E-state index in [9.17, 15) is 28.8 Å². The molecule has 0 aliphatic carbocycles. The molecule has 0 rings (SSSR count). The van der Waals surface area contributed by atoms with Gasteiger partial charge >= 0.3 is 35.8 Å². The number of carbonyl (C=O) groups excluding carboxylic acids is 6. The highest BCUT2D eigenvalue weighted by Crippen LogP contribution is 2.34. The number of rotatable bonds is 18. The van der Waals surface area contributed by atoms with E-state index < -0.39 is 80.0 Å². The third-order valence-electron chi connectivity index (χ3n) is 4.38. The molecule has 12 nitrogen and oxygen atoms in total. The van der Waals surface area contributed by atoms with Gasteiger partial charge in [0.25, 0.3) is 0 Å². The number of ether oxygens (including phenoxy) is 6. The summed E-state index contributed by atoms with van der Waals surface area (Å²) in [4.78, 5) is 71.7. The van der Waals surface area contributed by atoms with Gasteiger partial charge in [-0.2, -0.15) is 0 Å². The molecule has 0 spiro atoms. The van der Waals surface area contributed by atoms with Gasteiger partial charge in [0.05, 0.1) is 0 Å². The molecule has 0 N–H and O–H groups in total. The Morgan fingerprint density at radius 1 is 0.474 bits per heavy atom. The van der Waals surface area contributed by atoms with Crippen molar-refractivity contribution in [1.29, 1.82) is 0 Å². The van der Waals surface area contributed by atoms with Gasteiger partial charge in [0, 0.05) is 42.0 Å². The first-order chi connectivity index (χ1) is 18.0. The van der Waals surface area contributed by atoms with E-state index in [4.69, 9.17) is 28.4 Å². The lowest BCUT2D eigenvalue weighted by atomic mass is 9.81. The van der Waals surface area contributed by atoms with E-state index in [1.165, 1.54) is 0 Å². The van der Waals surface area contributed by atoms with Crippen molar-refractivity contribution < 1.29 is 57.2 Å². The first-order valence-corrected chi connectivity index (χ1v) is 10.5. The zero-order valence-corrected chi connectivity index (χ0v) is 20.6. The molecule has 0 aromatic carbocycles. The molecule has 0 atom stereocenters. The SMILES string of the molecule is C=CC(=O)OC/C(OC(=O)C=C)=C(/COC(=O)C=C)C(COC(=O)C=C)(COC(=O)C=C)COC(=O)C=C. The molecule has 0 saturated heterocycles. The maximum atomic E-state index is 12.1. The summed E-state index contributed by atoms with van der Waals surface area (Å²) in [6.07, 6.45) is 4.88. The Labute approximate surface area is 219 Å². The Morgan fingerprint density at radius 3 is 1.13 bits per heavy atom. The monoisotopic (exact) mass is 532 g/mol. The Balaban J connectivity index is 7.28. The number of hydrogen-bond donors (Lipinski definition) is 0. The molecule has 0 aliphatic heterocycles. The van der Waals surface area contributed by atoms with Crippen molar-refractivity contribution in [2.45, 2.75) is 0 Å². The summed E-state index contributed by atoms with van der Waals surface area (Å²) in [6.45, 7) is 16.1. The van der Waals surface area contributed by atoms with Crippen LogP contribution in [0.25, 0.3) is 0 Å². The first-order valence-electron chi connectivity index (χ1n) is 10.5. The van der Waals surface area contributed by atoms with Gasteiger partial charge < -0.3 is 28.4 Å². The van der Waals surface area contributed by atoms with Gasteiger partial charge in [-0.25, -0.2) is 28.8 Å². The molecule has 12 heteroatoms.